The molecule has 2 aliphatic rings. The first-order valence-corrected chi connectivity index (χ1v) is 17.0. The van der Waals surface area contributed by atoms with Crippen molar-refractivity contribution in [3.8, 4) is 0 Å². The van der Waals surface area contributed by atoms with Gasteiger partial charge >= 0.3 is 23.9 Å². The van der Waals surface area contributed by atoms with Gasteiger partial charge in [-0.05, 0) is 87.3 Å². The van der Waals surface area contributed by atoms with E-state index in [9.17, 15) is 58.8 Å². The van der Waals surface area contributed by atoms with Gasteiger partial charge in [0, 0.05) is 25.8 Å². The quantitative estimate of drug-likeness (QED) is 0.131. The molecule has 0 aliphatic heterocycles. The number of rotatable bonds is 12. The Hall–Kier alpha value is -6.58. The Labute approximate surface area is 309 Å². The summed E-state index contributed by atoms with van der Waals surface area (Å²) in [7, 11) is 1.33. The number of aromatic carboxylic acids is 4. The standard InChI is InChI=1S/C19H22N2O6.C19H18N2O6/c1-20-16(22)12-6-13(15(19(26)27)7-14(12)18(24)25)17(23)21-8-11-5-9-2-3-10(11)4-9;1-3-20-16(22)12-8-13(15(19(26)27)9-14(12)18(24)25)17(23)21-11-6-4-10(2)5-7-11/h6-7,9-11H,2-5,8H2,1H3,(H,20,22)(H,21,23)(H,24,25)(H,26,27);4-9H,3H2,1-2H3,(H,20,22)(H,21,23)(H,24,25)(H,26,27). The van der Waals surface area contributed by atoms with Crippen molar-refractivity contribution in [1.82, 2.24) is 16.0 Å². The molecule has 0 spiro atoms. The van der Waals surface area contributed by atoms with E-state index in [1.165, 1.54) is 26.3 Å². The summed E-state index contributed by atoms with van der Waals surface area (Å²) in [6, 6.07) is 10.5. The van der Waals surface area contributed by atoms with Gasteiger partial charge in [-0.3, -0.25) is 19.2 Å². The normalized spacial score (nSPS) is 16.6. The third-order valence-electron chi connectivity index (χ3n) is 9.50. The molecule has 2 saturated carbocycles. The second-order valence-corrected chi connectivity index (χ2v) is 13.0. The summed E-state index contributed by atoms with van der Waals surface area (Å²) in [4.78, 5) is 95.3. The van der Waals surface area contributed by atoms with Crippen LogP contribution in [0.15, 0.2) is 48.5 Å². The molecule has 0 heterocycles. The molecule has 3 aromatic rings. The fourth-order valence-electron chi connectivity index (χ4n) is 6.83. The van der Waals surface area contributed by atoms with E-state index in [2.05, 4.69) is 21.3 Å². The number of benzene rings is 3. The first kappa shape index (κ1) is 40.2. The Kier molecular flexibility index (Phi) is 12.9. The summed E-state index contributed by atoms with van der Waals surface area (Å²) >= 11 is 0. The second kappa shape index (κ2) is 17.3. The van der Waals surface area contributed by atoms with Crippen LogP contribution in [0, 0.1) is 24.7 Å². The molecular formula is C38H40N4O12. The molecule has 0 saturated heterocycles. The highest BCUT2D eigenvalue weighted by atomic mass is 16.4. The van der Waals surface area contributed by atoms with E-state index in [-0.39, 0.29) is 28.8 Å². The van der Waals surface area contributed by atoms with E-state index in [1.807, 2.05) is 6.92 Å². The van der Waals surface area contributed by atoms with Crippen LogP contribution in [-0.4, -0.2) is 88.1 Å². The number of hydrogen-bond acceptors (Lipinski definition) is 8. The van der Waals surface area contributed by atoms with Crippen molar-refractivity contribution in [2.45, 2.75) is 39.5 Å². The van der Waals surface area contributed by atoms with Crippen LogP contribution in [0.2, 0.25) is 0 Å². The first-order valence-electron chi connectivity index (χ1n) is 17.0. The molecule has 0 radical (unpaired) electrons. The van der Waals surface area contributed by atoms with E-state index in [0.29, 0.717) is 24.1 Å². The van der Waals surface area contributed by atoms with Gasteiger partial charge in [0.05, 0.1) is 44.5 Å². The van der Waals surface area contributed by atoms with Crippen LogP contribution in [-0.2, 0) is 0 Å². The van der Waals surface area contributed by atoms with Gasteiger partial charge in [0.2, 0.25) is 0 Å². The maximum Gasteiger partial charge on any atom is 0.336 e. The fraction of sp³-hybridized carbons (Fsp3) is 0.316. The summed E-state index contributed by atoms with van der Waals surface area (Å²) in [5, 5.41) is 47.4. The average Bonchev–Trinajstić information content (AvgIpc) is 3.77. The van der Waals surface area contributed by atoms with Crippen molar-refractivity contribution in [2.75, 3.05) is 25.5 Å². The average molecular weight is 745 g/mol. The predicted octanol–water partition coefficient (Wildman–Crippen LogP) is 4.00. The lowest BCUT2D eigenvalue weighted by atomic mass is 9.88. The third kappa shape index (κ3) is 9.25. The zero-order valence-corrected chi connectivity index (χ0v) is 29.6. The van der Waals surface area contributed by atoms with Gasteiger partial charge in [-0.15, -0.1) is 0 Å². The summed E-state index contributed by atoms with van der Waals surface area (Å²) in [6.45, 7) is 4.21. The van der Waals surface area contributed by atoms with Gasteiger partial charge in [-0.1, -0.05) is 24.1 Å². The molecule has 2 bridgehead atoms. The van der Waals surface area contributed by atoms with E-state index in [1.54, 1.807) is 31.2 Å². The summed E-state index contributed by atoms with van der Waals surface area (Å²) in [5.74, 6) is -6.89. The number of nitrogens with one attached hydrogen (secondary N) is 4. The summed E-state index contributed by atoms with van der Waals surface area (Å²) in [6.07, 6.45) is 4.66. The van der Waals surface area contributed by atoms with E-state index in [4.69, 9.17) is 0 Å². The molecule has 5 rings (SSSR count). The molecule has 2 aliphatic carbocycles. The van der Waals surface area contributed by atoms with Crippen molar-refractivity contribution in [3.63, 3.8) is 0 Å². The van der Waals surface area contributed by atoms with Gasteiger partial charge in [-0.2, -0.15) is 0 Å². The van der Waals surface area contributed by atoms with Crippen LogP contribution in [0.1, 0.15) is 121 Å². The molecule has 4 amide bonds. The van der Waals surface area contributed by atoms with Gasteiger partial charge in [0.1, 0.15) is 0 Å². The van der Waals surface area contributed by atoms with Crippen LogP contribution in [0.4, 0.5) is 5.69 Å². The molecule has 54 heavy (non-hydrogen) atoms. The molecule has 16 nitrogen and oxygen atoms in total. The molecule has 0 aromatic heterocycles. The Balaban J connectivity index is 0.000000241. The van der Waals surface area contributed by atoms with E-state index >= 15 is 0 Å². The number of anilines is 1. The highest BCUT2D eigenvalue weighted by Crippen LogP contribution is 2.48. The maximum atomic E-state index is 12.6. The molecule has 8 N–H and O–H groups in total. The number of aryl methyl sites for hydroxylation is 1. The van der Waals surface area contributed by atoms with Crippen LogP contribution < -0.4 is 21.3 Å². The molecule has 2 fully saturated rings. The number of carboxylic acid groups (broad SMARTS) is 4. The number of carboxylic acids is 4. The highest BCUT2D eigenvalue weighted by Gasteiger charge is 2.39. The van der Waals surface area contributed by atoms with E-state index in [0.717, 1.165) is 42.2 Å². The largest absolute Gasteiger partial charge is 0.478 e. The molecular weight excluding hydrogens is 704 g/mol. The molecule has 284 valence electrons. The summed E-state index contributed by atoms with van der Waals surface area (Å²) < 4.78 is 0. The Morgan fingerprint density at radius 2 is 1.04 bits per heavy atom. The first-order chi connectivity index (χ1) is 25.6. The predicted molar refractivity (Wildman–Crippen MR) is 193 cm³/mol. The van der Waals surface area contributed by atoms with Crippen molar-refractivity contribution >= 4 is 53.2 Å². The Bertz CT molecular complexity index is 2020. The number of fused-ring (bicyclic) bond motifs is 2. The second-order valence-electron chi connectivity index (χ2n) is 13.0. The zero-order valence-electron chi connectivity index (χ0n) is 29.6. The van der Waals surface area contributed by atoms with Crippen LogP contribution in [0.25, 0.3) is 0 Å². The maximum absolute atomic E-state index is 12.6. The topological polar surface area (TPSA) is 266 Å². The van der Waals surface area contributed by atoms with Crippen LogP contribution in [0.3, 0.4) is 0 Å². The molecule has 3 unspecified atom stereocenters. The van der Waals surface area contributed by atoms with Crippen molar-refractivity contribution < 1.29 is 58.8 Å². The lowest BCUT2D eigenvalue weighted by molar-refractivity contribution is 0.0672. The zero-order chi connectivity index (χ0) is 39.9. The fourth-order valence-corrected chi connectivity index (χ4v) is 6.83. The number of carbonyl (C=O) groups excluding carboxylic acids is 4. The lowest BCUT2D eigenvalue weighted by Gasteiger charge is -2.22. The Morgan fingerprint density at radius 3 is 1.44 bits per heavy atom. The Morgan fingerprint density at radius 1 is 0.593 bits per heavy atom. The van der Waals surface area contributed by atoms with Crippen LogP contribution in [0.5, 0.6) is 0 Å². The third-order valence-corrected chi connectivity index (χ3v) is 9.50. The minimum absolute atomic E-state index is 0.214. The smallest absolute Gasteiger partial charge is 0.336 e. The van der Waals surface area contributed by atoms with Gasteiger partial charge < -0.3 is 41.7 Å². The number of amides is 4. The van der Waals surface area contributed by atoms with Gasteiger partial charge in [0.15, 0.2) is 0 Å². The van der Waals surface area contributed by atoms with Gasteiger partial charge in [-0.25, -0.2) is 19.2 Å². The van der Waals surface area contributed by atoms with Crippen molar-refractivity contribution in [2.24, 2.45) is 17.8 Å². The van der Waals surface area contributed by atoms with E-state index < -0.39 is 69.8 Å². The van der Waals surface area contributed by atoms with Crippen LogP contribution >= 0.6 is 0 Å². The minimum atomic E-state index is -1.48. The van der Waals surface area contributed by atoms with Crippen molar-refractivity contribution in [3.05, 3.63) is 98.6 Å². The summed E-state index contributed by atoms with van der Waals surface area (Å²) in [5.41, 5.74) is -1.56. The molecule has 16 heteroatoms. The van der Waals surface area contributed by atoms with Crippen molar-refractivity contribution in [1.29, 1.82) is 0 Å². The minimum Gasteiger partial charge on any atom is -0.478 e. The highest BCUT2D eigenvalue weighted by molar-refractivity contribution is 6.15. The molecule has 3 aromatic carbocycles. The number of hydrogen-bond donors (Lipinski definition) is 8. The lowest BCUT2D eigenvalue weighted by Crippen LogP contribution is -2.33. The SMILES string of the molecule is CCNC(=O)c1cc(C(=O)Nc2ccc(C)cc2)c(C(=O)O)cc1C(=O)O.CNC(=O)c1cc(C(=O)NCC2CC3CCC2C3)c(C(=O)O)cc1C(=O)O. The molecule has 3 atom stereocenters. The monoisotopic (exact) mass is 744 g/mol. The van der Waals surface area contributed by atoms with Gasteiger partial charge in [0.25, 0.3) is 23.6 Å². The number of carbonyl (C=O) groups is 8.